The fourth-order valence-corrected chi connectivity index (χ4v) is 4.71. The van der Waals surface area contributed by atoms with Crippen molar-refractivity contribution in [1.29, 1.82) is 0 Å². The summed E-state index contributed by atoms with van der Waals surface area (Å²) in [5, 5.41) is 3.00. The first-order chi connectivity index (χ1) is 16.2. The quantitative estimate of drug-likeness (QED) is 0.668. The average Bonchev–Trinajstić information content (AvgIpc) is 2.80. The number of nitrogens with one attached hydrogen (secondary N) is 1. The van der Waals surface area contributed by atoms with Crippen LogP contribution in [0.4, 0.5) is 24.7 Å². The number of amides is 1. The number of halogens is 4. The molecule has 0 unspecified atom stereocenters. The summed E-state index contributed by atoms with van der Waals surface area (Å²) in [6.45, 7) is 6.04. The lowest BCUT2D eigenvalue weighted by Crippen LogP contribution is -2.43. The van der Waals surface area contributed by atoms with Crippen molar-refractivity contribution >= 4 is 29.0 Å². The van der Waals surface area contributed by atoms with Crippen LogP contribution in [0.15, 0.2) is 36.5 Å². The maximum absolute atomic E-state index is 12.9. The molecule has 6 nitrogen and oxygen atoms in total. The van der Waals surface area contributed by atoms with E-state index in [1.807, 2.05) is 23.1 Å². The number of likely N-dealkylation sites (N-methyl/N-ethyl adjacent to an activating group) is 1. The standard InChI is InChI=1S/C24H29ClF3N5O/c1-31-9-11-32(12-10-31)16-17-3-2-4-20(13-17)30-23(34)18-5-7-33(8-6-18)22-21(25)14-19(15-29-22)24(26,27)28/h2-4,13-15,18H,5-12,16H2,1H3,(H,30,34). The number of anilines is 2. The van der Waals surface area contributed by atoms with Crippen LogP contribution in [0.3, 0.4) is 0 Å². The van der Waals surface area contributed by atoms with E-state index in [1.165, 1.54) is 5.56 Å². The topological polar surface area (TPSA) is 51.7 Å². The largest absolute Gasteiger partial charge is 0.417 e. The zero-order valence-electron chi connectivity index (χ0n) is 19.1. The predicted molar refractivity (Wildman–Crippen MR) is 127 cm³/mol. The maximum atomic E-state index is 12.9. The number of piperidine rings is 1. The summed E-state index contributed by atoms with van der Waals surface area (Å²) in [7, 11) is 2.13. The zero-order chi connectivity index (χ0) is 24.3. The van der Waals surface area contributed by atoms with Crippen LogP contribution in [0.1, 0.15) is 24.0 Å². The van der Waals surface area contributed by atoms with Gasteiger partial charge in [0.25, 0.3) is 0 Å². The number of rotatable bonds is 5. The molecular formula is C24H29ClF3N5O. The van der Waals surface area contributed by atoms with E-state index < -0.39 is 11.7 Å². The normalized spacial score (nSPS) is 18.8. The minimum absolute atomic E-state index is 0.0325. The summed E-state index contributed by atoms with van der Waals surface area (Å²) in [5.41, 5.74) is 1.08. The van der Waals surface area contributed by atoms with Gasteiger partial charge in [0, 0.05) is 63.6 Å². The Kier molecular flexibility index (Phi) is 7.64. The Morgan fingerprint density at radius 3 is 2.47 bits per heavy atom. The average molecular weight is 496 g/mol. The van der Waals surface area contributed by atoms with Gasteiger partial charge in [-0.05, 0) is 43.7 Å². The van der Waals surface area contributed by atoms with E-state index in [2.05, 4.69) is 33.2 Å². The Balaban J connectivity index is 1.30. The highest BCUT2D eigenvalue weighted by Crippen LogP contribution is 2.34. The number of hydrogen-bond donors (Lipinski definition) is 1. The van der Waals surface area contributed by atoms with Gasteiger partial charge >= 0.3 is 6.18 Å². The molecule has 0 bridgehead atoms. The van der Waals surface area contributed by atoms with Crippen molar-refractivity contribution in [2.75, 3.05) is 56.5 Å². The van der Waals surface area contributed by atoms with E-state index in [0.29, 0.717) is 31.7 Å². The van der Waals surface area contributed by atoms with Gasteiger partial charge in [-0.1, -0.05) is 23.7 Å². The van der Waals surface area contributed by atoms with Crippen LogP contribution in [0.25, 0.3) is 0 Å². The summed E-state index contributed by atoms with van der Waals surface area (Å²) in [5.74, 6) is 0.110. The molecule has 1 amide bonds. The zero-order valence-corrected chi connectivity index (χ0v) is 19.9. The van der Waals surface area contributed by atoms with Crippen LogP contribution in [0.2, 0.25) is 5.02 Å². The molecule has 184 valence electrons. The van der Waals surface area contributed by atoms with Crippen LogP contribution in [-0.4, -0.2) is 67.0 Å². The Morgan fingerprint density at radius 2 is 1.82 bits per heavy atom. The first kappa shape index (κ1) is 24.8. The SMILES string of the molecule is CN1CCN(Cc2cccc(NC(=O)C3CCN(c4ncc(C(F)(F)F)cc4Cl)CC3)c2)CC1. The van der Waals surface area contributed by atoms with Crippen LogP contribution in [-0.2, 0) is 17.5 Å². The summed E-state index contributed by atoms with van der Waals surface area (Å²) in [4.78, 5) is 23.4. The van der Waals surface area contributed by atoms with Gasteiger partial charge in [-0.2, -0.15) is 13.2 Å². The van der Waals surface area contributed by atoms with Gasteiger partial charge in [0.05, 0.1) is 10.6 Å². The number of nitrogens with zero attached hydrogens (tertiary/aromatic N) is 4. The minimum atomic E-state index is -4.48. The molecule has 0 atom stereocenters. The molecule has 0 spiro atoms. The second kappa shape index (κ2) is 10.5. The Labute approximate surface area is 202 Å². The fraction of sp³-hybridized carbons (Fsp3) is 0.500. The Morgan fingerprint density at radius 1 is 1.12 bits per heavy atom. The molecule has 0 saturated carbocycles. The van der Waals surface area contributed by atoms with E-state index in [1.54, 1.807) is 0 Å². The molecule has 0 radical (unpaired) electrons. The fourth-order valence-electron chi connectivity index (χ4n) is 4.43. The number of aromatic nitrogens is 1. The molecule has 2 aromatic rings. The van der Waals surface area contributed by atoms with E-state index in [0.717, 1.165) is 50.7 Å². The third kappa shape index (κ3) is 6.20. The molecule has 34 heavy (non-hydrogen) atoms. The molecule has 3 heterocycles. The van der Waals surface area contributed by atoms with E-state index in [4.69, 9.17) is 11.6 Å². The molecule has 0 aliphatic carbocycles. The second-order valence-corrected chi connectivity index (χ2v) is 9.46. The minimum Gasteiger partial charge on any atom is -0.355 e. The summed E-state index contributed by atoms with van der Waals surface area (Å²) < 4.78 is 38.6. The van der Waals surface area contributed by atoms with Gasteiger partial charge in [0.2, 0.25) is 5.91 Å². The van der Waals surface area contributed by atoms with E-state index in [9.17, 15) is 18.0 Å². The Bertz CT molecular complexity index is 1000. The van der Waals surface area contributed by atoms with Crippen LogP contribution >= 0.6 is 11.6 Å². The molecule has 2 fully saturated rings. The molecular weight excluding hydrogens is 467 g/mol. The maximum Gasteiger partial charge on any atom is 0.417 e. The lowest BCUT2D eigenvalue weighted by atomic mass is 9.95. The predicted octanol–water partition coefficient (Wildman–Crippen LogP) is 4.36. The summed E-state index contributed by atoms with van der Waals surface area (Å²) >= 11 is 6.08. The number of benzene rings is 1. The van der Waals surface area contributed by atoms with Crippen molar-refractivity contribution in [3.05, 3.63) is 52.7 Å². The van der Waals surface area contributed by atoms with Crippen molar-refractivity contribution in [3.8, 4) is 0 Å². The lowest BCUT2D eigenvalue weighted by Gasteiger charge is -2.33. The van der Waals surface area contributed by atoms with Crippen LogP contribution in [0, 0.1) is 5.92 Å². The van der Waals surface area contributed by atoms with Gasteiger partial charge in [0.15, 0.2) is 0 Å². The third-order valence-electron chi connectivity index (χ3n) is 6.51. The molecule has 2 saturated heterocycles. The van der Waals surface area contributed by atoms with Crippen molar-refractivity contribution in [2.45, 2.75) is 25.6 Å². The monoisotopic (exact) mass is 495 g/mol. The van der Waals surface area contributed by atoms with Crippen molar-refractivity contribution in [3.63, 3.8) is 0 Å². The van der Waals surface area contributed by atoms with Gasteiger partial charge in [-0.15, -0.1) is 0 Å². The first-order valence-electron chi connectivity index (χ1n) is 11.5. The van der Waals surface area contributed by atoms with Gasteiger partial charge in [0.1, 0.15) is 5.82 Å². The molecule has 4 rings (SSSR count). The number of pyridine rings is 1. The van der Waals surface area contributed by atoms with Crippen molar-refractivity contribution in [2.24, 2.45) is 5.92 Å². The van der Waals surface area contributed by atoms with Crippen molar-refractivity contribution < 1.29 is 18.0 Å². The smallest absolute Gasteiger partial charge is 0.355 e. The number of carbonyl (C=O) groups excluding carboxylic acids is 1. The molecule has 2 aliphatic heterocycles. The van der Waals surface area contributed by atoms with Gasteiger partial charge < -0.3 is 15.1 Å². The number of alkyl halides is 3. The second-order valence-electron chi connectivity index (χ2n) is 9.06. The number of carbonyl (C=O) groups is 1. The van der Waals surface area contributed by atoms with Crippen molar-refractivity contribution in [1.82, 2.24) is 14.8 Å². The molecule has 1 N–H and O–H groups in total. The highest BCUT2D eigenvalue weighted by molar-refractivity contribution is 6.33. The molecule has 1 aromatic heterocycles. The molecule has 10 heteroatoms. The third-order valence-corrected chi connectivity index (χ3v) is 6.79. The first-order valence-corrected chi connectivity index (χ1v) is 11.9. The van der Waals surface area contributed by atoms with E-state index >= 15 is 0 Å². The number of piperazine rings is 1. The highest BCUT2D eigenvalue weighted by Gasteiger charge is 2.33. The van der Waals surface area contributed by atoms with Gasteiger partial charge in [-0.3, -0.25) is 9.69 Å². The van der Waals surface area contributed by atoms with Crippen LogP contribution in [0.5, 0.6) is 0 Å². The molecule has 1 aromatic carbocycles. The summed E-state index contributed by atoms with van der Waals surface area (Å²) in [6, 6.07) is 8.86. The summed E-state index contributed by atoms with van der Waals surface area (Å²) in [6.07, 6.45) is -2.53. The highest BCUT2D eigenvalue weighted by atomic mass is 35.5. The number of hydrogen-bond acceptors (Lipinski definition) is 5. The Hall–Kier alpha value is -2.36. The molecule has 2 aliphatic rings. The van der Waals surface area contributed by atoms with Crippen LogP contribution < -0.4 is 10.2 Å². The van der Waals surface area contributed by atoms with Gasteiger partial charge in [-0.25, -0.2) is 4.98 Å². The van der Waals surface area contributed by atoms with E-state index in [-0.39, 0.29) is 16.8 Å². The lowest BCUT2D eigenvalue weighted by molar-refractivity contribution is -0.137.